The molecule has 2 rings (SSSR count). The summed E-state index contributed by atoms with van der Waals surface area (Å²) in [5.41, 5.74) is -0.0681. The van der Waals surface area contributed by atoms with Gasteiger partial charge in [-0.25, -0.2) is 0 Å². The Hall–Kier alpha value is -1.63. The van der Waals surface area contributed by atoms with E-state index in [1.807, 2.05) is 0 Å². The van der Waals surface area contributed by atoms with Gasteiger partial charge in [-0.05, 0) is 31.8 Å². The van der Waals surface area contributed by atoms with Crippen LogP contribution in [0.1, 0.15) is 12.8 Å². The van der Waals surface area contributed by atoms with Crippen LogP contribution < -0.4 is 10.1 Å². The smallest absolute Gasteiger partial charge is 0.350 e. The Labute approximate surface area is 98.9 Å². The molecule has 1 saturated heterocycles. The van der Waals surface area contributed by atoms with E-state index in [-0.39, 0.29) is 11.6 Å². The molecule has 0 bridgehead atoms. The Morgan fingerprint density at radius 2 is 2.35 bits per heavy atom. The fraction of sp³-hybridized carbons (Fsp3) is 0.700. The van der Waals surface area contributed by atoms with Gasteiger partial charge in [0.1, 0.15) is 6.20 Å². The molecule has 0 unspecified atom stereocenters. The maximum absolute atomic E-state index is 10.7. The van der Waals surface area contributed by atoms with Crippen LogP contribution in [0, 0.1) is 16.0 Å². The lowest BCUT2D eigenvalue weighted by Crippen LogP contribution is -2.30. The summed E-state index contributed by atoms with van der Waals surface area (Å²) < 4.78 is 6.86. The molecule has 1 N–H and O–H groups in total. The van der Waals surface area contributed by atoms with Crippen LogP contribution in [0.5, 0.6) is 5.88 Å². The minimum Gasteiger partial charge on any atom is -0.471 e. The van der Waals surface area contributed by atoms with E-state index in [2.05, 4.69) is 10.4 Å². The van der Waals surface area contributed by atoms with Crippen LogP contribution in [-0.4, -0.2) is 34.4 Å². The molecule has 0 amide bonds. The molecule has 2 heterocycles. The quantitative estimate of drug-likeness (QED) is 0.619. The van der Waals surface area contributed by atoms with Crippen LogP contribution >= 0.6 is 0 Å². The van der Waals surface area contributed by atoms with E-state index < -0.39 is 4.92 Å². The first-order chi connectivity index (χ1) is 8.16. The number of hydrogen-bond acceptors (Lipinski definition) is 5. The van der Waals surface area contributed by atoms with E-state index in [4.69, 9.17) is 4.74 Å². The Bertz CT molecular complexity index is 398. The fourth-order valence-electron chi connectivity index (χ4n) is 1.93. The van der Waals surface area contributed by atoms with E-state index >= 15 is 0 Å². The zero-order chi connectivity index (χ0) is 12.3. The molecule has 0 aliphatic carbocycles. The van der Waals surface area contributed by atoms with Crippen molar-refractivity contribution in [3.05, 3.63) is 16.3 Å². The van der Waals surface area contributed by atoms with E-state index in [0.717, 1.165) is 25.9 Å². The van der Waals surface area contributed by atoms with Crippen molar-refractivity contribution in [2.45, 2.75) is 12.8 Å². The molecule has 0 radical (unpaired) electrons. The summed E-state index contributed by atoms with van der Waals surface area (Å²) in [6, 6.07) is 0. The molecule has 17 heavy (non-hydrogen) atoms. The maximum Gasteiger partial charge on any atom is 0.350 e. The highest BCUT2D eigenvalue weighted by Gasteiger charge is 2.22. The van der Waals surface area contributed by atoms with E-state index in [0.29, 0.717) is 12.5 Å². The van der Waals surface area contributed by atoms with Crippen molar-refractivity contribution in [1.29, 1.82) is 0 Å². The van der Waals surface area contributed by atoms with Crippen molar-refractivity contribution in [3.8, 4) is 5.88 Å². The Morgan fingerprint density at radius 1 is 1.65 bits per heavy atom. The zero-order valence-corrected chi connectivity index (χ0v) is 9.76. The molecule has 1 aliphatic rings. The van der Waals surface area contributed by atoms with Crippen LogP contribution in [0.25, 0.3) is 0 Å². The Balaban J connectivity index is 1.95. The highest BCUT2D eigenvalue weighted by atomic mass is 16.6. The van der Waals surface area contributed by atoms with Gasteiger partial charge in [0.15, 0.2) is 0 Å². The Morgan fingerprint density at radius 3 is 3.00 bits per heavy atom. The average molecular weight is 240 g/mol. The van der Waals surface area contributed by atoms with Crippen molar-refractivity contribution in [2.24, 2.45) is 13.0 Å². The molecular weight excluding hydrogens is 224 g/mol. The SMILES string of the molecule is Cn1cc([N+](=O)[O-])c(OCC2CCNCC2)n1. The second kappa shape index (κ2) is 5.13. The van der Waals surface area contributed by atoms with Crippen molar-refractivity contribution in [3.63, 3.8) is 0 Å². The van der Waals surface area contributed by atoms with Gasteiger partial charge in [0.05, 0.1) is 11.5 Å². The molecule has 1 fully saturated rings. The van der Waals surface area contributed by atoms with Crippen LogP contribution in [0.4, 0.5) is 5.69 Å². The first kappa shape index (κ1) is 11.8. The zero-order valence-electron chi connectivity index (χ0n) is 9.76. The van der Waals surface area contributed by atoms with Crippen LogP contribution in [0.2, 0.25) is 0 Å². The fourth-order valence-corrected chi connectivity index (χ4v) is 1.93. The second-order valence-electron chi connectivity index (χ2n) is 4.25. The molecule has 1 aliphatic heterocycles. The monoisotopic (exact) mass is 240 g/mol. The van der Waals surface area contributed by atoms with E-state index in [1.54, 1.807) is 7.05 Å². The summed E-state index contributed by atoms with van der Waals surface area (Å²) in [7, 11) is 1.64. The molecule has 7 heteroatoms. The van der Waals surface area contributed by atoms with Gasteiger partial charge in [-0.2, -0.15) is 0 Å². The number of aryl methyl sites for hydroxylation is 1. The van der Waals surface area contributed by atoms with Crippen LogP contribution in [0.15, 0.2) is 6.20 Å². The maximum atomic E-state index is 10.7. The normalized spacial score (nSPS) is 17.0. The number of ether oxygens (including phenoxy) is 1. The Kier molecular flexibility index (Phi) is 3.58. The molecular formula is C10H16N4O3. The van der Waals surface area contributed by atoms with Crippen LogP contribution in [-0.2, 0) is 7.05 Å². The second-order valence-corrected chi connectivity index (χ2v) is 4.25. The molecule has 0 aromatic carbocycles. The first-order valence-corrected chi connectivity index (χ1v) is 5.68. The van der Waals surface area contributed by atoms with Crippen molar-refractivity contribution in [1.82, 2.24) is 15.1 Å². The third-order valence-electron chi connectivity index (χ3n) is 2.89. The number of rotatable bonds is 4. The lowest BCUT2D eigenvalue weighted by atomic mass is 9.99. The van der Waals surface area contributed by atoms with Gasteiger partial charge in [-0.15, -0.1) is 5.10 Å². The van der Waals surface area contributed by atoms with Gasteiger partial charge in [0, 0.05) is 7.05 Å². The largest absolute Gasteiger partial charge is 0.471 e. The highest BCUT2D eigenvalue weighted by Crippen LogP contribution is 2.25. The molecule has 1 aromatic heterocycles. The van der Waals surface area contributed by atoms with Crippen molar-refractivity contribution < 1.29 is 9.66 Å². The van der Waals surface area contributed by atoms with Gasteiger partial charge in [0.25, 0.3) is 0 Å². The molecule has 7 nitrogen and oxygen atoms in total. The molecule has 0 saturated carbocycles. The number of piperidine rings is 1. The minimum atomic E-state index is -0.468. The lowest BCUT2D eigenvalue weighted by Gasteiger charge is -2.21. The molecule has 0 atom stereocenters. The van der Waals surface area contributed by atoms with Gasteiger partial charge < -0.3 is 10.1 Å². The number of nitrogens with zero attached hydrogens (tertiary/aromatic N) is 3. The van der Waals surface area contributed by atoms with Gasteiger partial charge in [-0.1, -0.05) is 0 Å². The van der Waals surface area contributed by atoms with Crippen molar-refractivity contribution in [2.75, 3.05) is 19.7 Å². The summed E-state index contributed by atoms with van der Waals surface area (Å²) in [5.74, 6) is 0.578. The third-order valence-corrected chi connectivity index (χ3v) is 2.89. The van der Waals surface area contributed by atoms with Gasteiger partial charge in [0.2, 0.25) is 0 Å². The summed E-state index contributed by atoms with van der Waals surface area (Å²) in [6.45, 7) is 2.47. The molecule has 0 spiro atoms. The standard InChI is InChI=1S/C10H16N4O3/c1-13-6-9(14(15)16)10(12-13)17-7-8-2-4-11-5-3-8/h6,8,11H,2-5,7H2,1H3. The topological polar surface area (TPSA) is 82.2 Å². The molecule has 94 valence electrons. The summed E-state index contributed by atoms with van der Waals surface area (Å²) >= 11 is 0. The highest BCUT2D eigenvalue weighted by molar-refractivity contribution is 5.38. The number of nitro groups is 1. The third kappa shape index (κ3) is 2.94. The number of hydrogen-bond donors (Lipinski definition) is 1. The first-order valence-electron chi connectivity index (χ1n) is 5.68. The number of nitrogens with one attached hydrogen (secondary N) is 1. The van der Waals surface area contributed by atoms with E-state index in [9.17, 15) is 10.1 Å². The summed E-state index contributed by atoms with van der Waals surface area (Å²) in [6.07, 6.45) is 3.44. The molecule has 1 aromatic rings. The lowest BCUT2D eigenvalue weighted by molar-refractivity contribution is -0.386. The predicted molar refractivity (Wildman–Crippen MR) is 61.0 cm³/mol. The minimum absolute atomic E-state index is 0.0681. The average Bonchev–Trinajstić information content (AvgIpc) is 2.69. The summed E-state index contributed by atoms with van der Waals surface area (Å²) in [4.78, 5) is 10.3. The van der Waals surface area contributed by atoms with Crippen molar-refractivity contribution >= 4 is 5.69 Å². The van der Waals surface area contributed by atoms with Crippen LogP contribution in [0.3, 0.4) is 0 Å². The number of aromatic nitrogens is 2. The predicted octanol–water partition coefficient (Wildman–Crippen LogP) is 0.707. The van der Waals surface area contributed by atoms with Gasteiger partial charge >= 0.3 is 11.6 Å². The summed E-state index contributed by atoms with van der Waals surface area (Å²) in [5, 5.41) is 18.0. The van der Waals surface area contributed by atoms with Gasteiger partial charge in [-0.3, -0.25) is 14.8 Å². The van der Waals surface area contributed by atoms with E-state index in [1.165, 1.54) is 10.9 Å².